The van der Waals surface area contributed by atoms with Crippen molar-refractivity contribution in [3.05, 3.63) is 28.8 Å². The van der Waals surface area contributed by atoms with E-state index in [0.717, 1.165) is 34.9 Å². The minimum Gasteiger partial charge on any atom is -0.461 e. The van der Waals surface area contributed by atoms with Crippen LogP contribution in [0.5, 0.6) is 0 Å². The van der Waals surface area contributed by atoms with Crippen molar-refractivity contribution >= 4 is 33.1 Å². The lowest BCUT2D eigenvalue weighted by atomic mass is 10.2. The maximum atomic E-state index is 5.49. The third kappa shape index (κ3) is 1.91. The molecule has 1 saturated heterocycles. The molecule has 1 aliphatic rings. The molecule has 4 aromatic heterocycles. The Morgan fingerprint density at radius 3 is 2.75 bits per heavy atom. The van der Waals surface area contributed by atoms with Gasteiger partial charge in [-0.05, 0) is 44.4 Å². The average Bonchev–Trinajstić information content (AvgIpc) is 3.34. The van der Waals surface area contributed by atoms with Gasteiger partial charge < -0.3 is 9.32 Å². The maximum absolute atomic E-state index is 5.49. The van der Waals surface area contributed by atoms with Crippen LogP contribution < -0.4 is 4.90 Å². The number of aromatic nitrogens is 4. The molecule has 0 aliphatic carbocycles. The smallest absolute Gasteiger partial charge is 0.229 e. The van der Waals surface area contributed by atoms with Gasteiger partial charge in [-0.2, -0.15) is 4.52 Å². The molecule has 0 spiro atoms. The summed E-state index contributed by atoms with van der Waals surface area (Å²) < 4.78 is 7.39. The highest BCUT2D eigenvalue weighted by atomic mass is 32.1. The van der Waals surface area contributed by atoms with Crippen LogP contribution in [-0.4, -0.2) is 32.7 Å². The van der Waals surface area contributed by atoms with Gasteiger partial charge >= 0.3 is 0 Å². The van der Waals surface area contributed by atoms with Crippen molar-refractivity contribution in [2.24, 2.45) is 0 Å². The number of rotatable bonds is 2. The average molecular weight is 339 g/mol. The summed E-state index contributed by atoms with van der Waals surface area (Å²) in [6.07, 6.45) is 4.04. The number of furan rings is 1. The second-order valence-electron chi connectivity index (χ2n) is 6.22. The number of thiophene rings is 1. The van der Waals surface area contributed by atoms with Gasteiger partial charge in [-0.15, -0.1) is 16.4 Å². The quantitative estimate of drug-likeness (QED) is 0.556. The first kappa shape index (κ1) is 14.0. The fraction of sp³-hybridized carbons (Fsp3) is 0.353. The Bertz CT molecular complexity index is 1040. The van der Waals surface area contributed by atoms with Crippen molar-refractivity contribution in [1.29, 1.82) is 0 Å². The standard InChI is InChI=1S/C17H17N5OS/c1-10-11(2)24-16-13(10)15-18-14(12-6-5-9-23-12)20-22(15)17(19-16)21-7-3-4-8-21/h5-6,9H,3-4,7-8H2,1-2H3. The van der Waals surface area contributed by atoms with Crippen molar-refractivity contribution in [1.82, 2.24) is 19.6 Å². The Hall–Kier alpha value is -2.41. The zero-order valence-electron chi connectivity index (χ0n) is 13.6. The van der Waals surface area contributed by atoms with E-state index in [9.17, 15) is 0 Å². The topological polar surface area (TPSA) is 59.5 Å². The second kappa shape index (κ2) is 5.04. The van der Waals surface area contributed by atoms with Crippen LogP contribution in [0.1, 0.15) is 23.3 Å². The Labute approximate surface area is 142 Å². The highest BCUT2D eigenvalue weighted by molar-refractivity contribution is 7.18. The molecule has 4 aromatic rings. The molecule has 0 amide bonds. The summed E-state index contributed by atoms with van der Waals surface area (Å²) in [7, 11) is 0. The van der Waals surface area contributed by atoms with Gasteiger partial charge in [-0.1, -0.05) is 0 Å². The fourth-order valence-electron chi connectivity index (χ4n) is 3.33. The molecule has 122 valence electrons. The lowest BCUT2D eigenvalue weighted by Gasteiger charge is -2.16. The van der Waals surface area contributed by atoms with Crippen molar-refractivity contribution in [3.8, 4) is 11.6 Å². The first-order valence-electron chi connectivity index (χ1n) is 8.17. The molecule has 5 heterocycles. The van der Waals surface area contributed by atoms with Crippen molar-refractivity contribution in [2.45, 2.75) is 26.7 Å². The Morgan fingerprint density at radius 2 is 2.00 bits per heavy atom. The Kier molecular flexibility index (Phi) is 2.94. The van der Waals surface area contributed by atoms with Crippen molar-refractivity contribution in [3.63, 3.8) is 0 Å². The molecule has 6 nitrogen and oxygen atoms in total. The van der Waals surface area contributed by atoms with Gasteiger partial charge in [-0.25, -0.2) is 9.97 Å². The van der Waals surface area contributed by atoms with E-state index in [1.165, 1.54) is 23.3 Å². The van der Waals surface area contributed by atoms with Crippen molar-refractivity contribution in [2.75, 3.05) is 18.0 Å². The van der Waals surface area contributed by atoms with Crippen LogP contribution in [0.3, 0.4) is 0 Å². The molecule has 0 bridgehead atoms. The molecular weight excluding hydrogens is 322 g/mol. The summed E-state index contributed by atoms with van der Waals surface area (Å²) in [5.74, 6) is 2.18. The number of aryl methyl sites for hydroxylation is 2. The summed E-state index contributed by atoms with van der Waals surface area (Å²) in [4.78, 5) is 14.3. The SMILES string of the molecule is Cc1sc2nc(N3CCCC3)n3nc(-c4ccco4)nc3c2c1C. The van der Waals surface area contributed by atoms with E-state index in [1.807, 2.05) is 16.6 Å². The molecule has 7 heteroatoms. The number of hydrogen-bond acceptors (Lipinski definition) is 6. The first-order valence-corrected chi connectivity index (χ1v) is 8.99. The van der Waals surface area contributed by atoms with Crippen LogP contribution in [0.4, 0.5) is 5.95 Å². The number of nitrogens with zero attached hydrogens (tertiary/aromatic N) is 5. The van der Waals surface area contributed by atoms with E-state index in [1.54, 1.807) is 17.6 Å². The van der Waals surface area contributed by atoms with E-state index < -0.39 is 0 Å². The van der Waals surface area contributed by atoms with E-state index in [4.69, 9.17) is 19.5 Å². The van der Waals surface area contributed by atoms with Gasteiger partial charge in [0, 0.05) is 18.0 Å². The molecule has 5 rings (SSSR count). The molecule has 0 atom stereocenters. The van der Waals surface area contributed by atoms with Gasteiger partial charge in [0.05, 0.1) is 11.6 Å². The van der Waals surface area contributed by atoms with Gasteiger partial charge in [-0.3, -0.25) is 0 Å². The van der Waals surface area contributed by atoms with Gasteiger partial charge in [0.15, 0.2) is 11.4 Å². The highest BCUT2D eigenvalue weighted by Crippen LogP contribution is 2.35. The minimum atomic E-state index is 0.609. The van der Waals surface area contributed by atoms with Gasteiger partial charge in [0.25, 0.3) is 0 Å². The van der Waals surface area contributed by atoms with E-state index >= 15 is 0 Å². The van der Waals surface area contributed by atoms with E-state index in [-0.39, 0.29) is 0 Å². The number of fused-ring (bicyclic) bond motifs is 3. The van der Waals surface area contributed by atoms with Crippen LogP contribution in [-0.2, 0) is 0 Å². The number of anilines is 1. The molecule has 0 N–H and O–H groups in total. The largest absolute Gasteiger partial charge is 0.461 e. The zero-order chi connectivity index (χ0) is 16.3. The lowest BCUT2D eigenvalue weighted by molar-refractivity contribution is 0.577. The van der Waals surface area contributed by atoms with E-state index in [2.05, 4.69) is 18.7 Å². The molecule has 0 radical (unpaired) electrons. The highest BCUT2D eigenvalue weighted by Gasteiger charge is 2.23. The molecule has 0 saturated carbocycles. The van der Waals surface area contributed by atoms with Crippen LogP contribution in [0.15, 0.2) is 22.8 Å². The number of hydrogen-bond donors (Lipinski definition) is 0. The zero-order valence-corrected chi connectivity index (χ0v) is 14.4. The first-order chi connectivity index (χ1) is 11.7. The minimum absolute atomic E-state index is 0.609. The lowest BCUT2D eigenvalue weighted by Crippen LogP contribution is -2.22. The van der Waals surface area contributed by atoms with Gasteiger partial charge in [0.1, 0.15) is 4.83 Å². The second-order valence-corrected chi connectivity index (χ2v) is 7.42. The normalized spacial score (nSPS) is 15.2. The molecule has 0 aromatic carbocycles. The van der Waals surface area contributed by atoms with Gasteiger partial charge in [0.2, 0.25) is 11.8 Å². The third-order valence-corrected chi connectivity index (χ3v) is 5.82. The summed E-state index contributed by atoms with van der Waals surface area (Å²) in [5, 5.41) is 5.82. The third-order valence-electron chi connectivity index (χ3n) is 4.72. The summed E-state index contributed by atoms with van der Waals surface area (Å²) in [6.45, 7) is 6.31. The maximum Gasteiger partial charge on any atom is 0.229 e. The fourth-order valence-corrected chi connectivity index (χ4v) is 4.35. The molecule has 1 fully saturated rings. The molecule has 24 heavy (non-hydrogen) atoms. The summed E-state index contributed by atoms with van der Waals surface area (Å²) in [6, 6.07) is 3.75. The predicted molar refractivity (Wildman–Crippen MR) is 94.8 cm³/mol. The van der Waals surface area contributed by atoms with Crippen LogP contribution >= 0.6 is 11.3 Å². The summed E-state index contributed by atoms with van der Waals surface area (Å²) in [5.41, 5.74) is 2.11. The molecule has 1 aliphatic heterocycles. The Morgan fingerprint density at radius 1 is 1.17 bits per heavy atom. The van der Waals surface area contributed by atoms with Crippen LogP contribution in [0.25, 0.3) is 27.4 Å². The van der Waals surface area contributed by atoms with Crippen LogP contribution in [0.2, 0.25) is 0 Å². The van der Waals surface area contributed by atoms with Crippen molar-refractivity contribution < 1.29 is 4.42 Å². The predicted octanol–water partition coefficient (Wildman–Crippen LogP) is 3.82. The Balaban J connectivity index is 1.86. The van der Waals surface area contributed by atoms with E-state index in [0.29, 0.717) is 11.6 Å². The molecule has 0 unspecified atom stereocenters. The molecular formula is C17H17N5OS. The van der Waals surface area contributed by atoms with Crippen LogP contribution in [0, 0.1) is 13.8 Å². The monoisotopic (exact) mass is 339 g/mol. The summed E-state index contributed by atoms with van der Waals surface area (Å²) >= 11 is 1.73.